The van der Waals surface area contributed by atoms with E-state index in [1.54, 1.807) is 23.5 Å². The van der Waals surface area contributed by atoms with Crippen LogP contribution in [0.5, 0.6) is 0 Å². The van der Waals surface area contributed by atoms with Gasteiger partial charge in [-0.2, -0.15) is 5.26 Å². The number of thiazole rings is 1. The lowest BCUT2D eigenvalue weighted by Crippen LogP contribution is -2.38. The molecule has 4 rings (SSSR count). The summed E-state index contributed by atoms with van der Waals surface area (Å²) in [6.45, 7) is 1.88. The van der Waals surface area contributed by atoms with E-state index in [0.29, 0.717) is 5.56 Å². The fourth-order valence-electron chi connectivity index (χ4n) is 3.57. The van der Waals surface area contributed by atoms with Crippen molar-refractivity contribution in [2.75, 3.05) is 19.0 Å². The van der Waals surface area contributed by atoms with Gasteiger partial charge in [-0.25, -0.2) is 14.8 Å². The molecular weight excluding hydrogens is 394 g/mol. The van der Waals surface area contributed by atoms with E-state index in [9.17, 15) is 4.79 Å². The summed E-state index contributed by atoms with van der Waals surface area (Å²) in [5.74, 6) is -0.134. The highest BCUT2D eigenvalue weighted by Gasteiger charge is 2.34. The molecule has 2 amide bonds. The number of amides is 2. The van der Waals surface area contributed by atoms with Crippen molar-refractivity contribution in [2.45, 2.75) is 18.9 Å². The zero-order valence-electron chi connectivity index (χ0n) is 17.0. The Morgan fingerprint density at radius 1 is 1.10 bits per heavy atom. The van der Waals surface area contributed by atoms with Gasteiger partial charge in [-0.3, -0.25) is 0 Å². The van der Waals surface area contributed by atoms with E-state index in [1.165, 1.54) is 0 Å². The highest BCUT2D eigenvalue weighted by atomic mass is 32.1. The monoisotopic (exact) mass is 415 g/mol. The van der Waals surface area contributed by atoms with E-state index >= 15 is 0 Å². The fourth-order valence-corrected chi connectivity index (χ4v) is 4.60. The van der Waals surface area contributed by atoms with Crippen molar-refractivity contribution in [3.8, 4) is 17.3 Å². The SMILES string of the molecule is CC1=NC(=O)NC(c2ccc(N(C)C)cc2)C1c1nc(-c2ccc(C#N)cc2)cs1. The minimum atomic E-state index is -0.325. The minimum absolute atomic E-state index is 0.134. The number of rotatable bonds is 4. The second-order valence-electron chi connectivity index (χ2n) is 7.40. The Bertz CT molecular complexity index is 1140. The van der Waals surface area contributed by atoms with Crippen LogP contribution in [-0.4, -0.2) is 30.8 Å². The molecule has 2 heterocycles. The van der Waals surface area contributed by atoms with Crippen molar-refractivity contribution in [1.29, 1.82) is 5.26 Å². The zero-order valence-corrected chi connectivity index (χ0v) is 17.8. The molecule has 0 bridgehead atoms. The largest absolute Gasteiger partial charge is 0.378 e. The Morgan fingerprint density at radius 2 is 1.80 bits per heavy atom. The van der Waals surface area contributed by atoms with Gasteiger partial charge in [-0.15, -0.1) is 11.3 Å². The molecule has 6 nitrogen and oxygen atoms in total. The highest BCUT2D eigenvalue weighted by Crippen LogP contribution is 2.38. The predicted molar refractivity (Wildman–Crippen MR) is 120 cm³/mol. The first-order valence-electron chi connectivity index (χ1n) is 9.55. The zero-order chi connectivity index (χ0) is 21.3. The summed E-state index contributed by atoms with van der Waals surface area (Å²) in [5, 5.41) is 14.9. The Balaban J connectivity index is 1.69. The van der Waals surface area contributed by atoms with Crippen LogP contribution in [-0.2, 0) is 0 Å². The van der Waals surface area contributed by atoms with E-state index in [0.717, 1.165) is 33.2 Å². The van der Waals surface area contributed by atoms with Crippen molar-refractivity contribution in [1.82, 2.24) is 10.3 Å². The first-order valence-corrected chi connectivity index (χ1v) is 10.4. The average molecular weight is 416 g/mol. The van der Waals surface area contributed by atoms with Crippen LogP contribution in [0.3, 0.4) is 0 Å². The molecule has 150 valence electrons. The molecule has 1 N–H and O–H groups in total. The number of urea groups is 1. The van der Waals surface area contributed by atoms with Crippen molar-refractivity contribution in [3.05, 3.63) is 70.0 Å². The van der Waals surface area contributed by atoms with E-state index in [4.69, 9.17) is 10.2 Å². The van der Waals surface area contributed by atoms with Crippen molar-refractivity contribution in [2.24, 2.45) is 4.99 Å². The molecule has 1 aliphatic heterocycles. The number of hydrogen-bond donors (Lipinski definition) is 1. The number of hydrogen-bond acceptors (Lipinski definition) is 5. The molecule has 2 unspecified atom stereocenters. The van der Waals surface area contributed by atoms with Gasteiger partial charge < -0.3 is 10.2 Å². The van der Waals surface area contributed by atoms with Crippen LogP contribution < -0.4 is 10.2 Å². The number of nitrogens with zero attached hydrogens (tertiary/aromatic N) is 4. The number of anilines is 1. The van der Waals surface area contributed by atoms with Gasteiger partial charge in [0.25, 0.3) is 0 Å². The van der Waals surface area contributed by atoms with Crippen LogP contribution in [0, 0.1) is 11.3 Å². The van der Waals surface area contributed by atoms with E-state index in [-0.39, 0.29) is 18.0 Å². The Hall–Kier alpha value is -3.50. The van der Waals surface area contributed by atoms with Crippen molar-refractivity contribution in [3.63, 3.8) is 0 Å². The average Bonchev–Trinajstić information content (AvgIpc) is 3.23. The van der Waals surface area contributed by atoms with E-state index in [2.05, 4.69) is 16.4 Å². The smallest absolute Gasteiger partial charge is 0.341 e. The molecule has 0 aliphatic carbocycles. The first kappa shape index (κ1) is 19.8. The van der Waals surface area contributed by atoms with Gasteiger partial charge in [0.05, 0.1) is 29.3 Å². The van der Waals surface area contributed by atoms with Gasteiger partial charge in [0.2, 0.25) is 0 Å². The van der Waals surface area contributed by atoms with Gasteiger partial charge in [-0.1, -0.05) is 24.3 Å². The number of carbonyl (C=O) groups is 1. The molecule has 30 heavy (non-hydrogen) atoms. The van der Waals surface area contributed by atoms with Gasteiger partial charge in [0.1, 0.15) is 5.01 Å². The van der Waals surface area contributed by atoms with Crippen LogP contribution in [0.15, 0.2) is 58.9 Å². The maximum Gasteiger partial charge on any atom is 0.341 e. The molecule has 2 aromatic carbocycles. The predicted octanol–water partition coefficient (Wildman–Crippen LogP) is 4.76. The van der Waals surface area contributed by atoms with Crippen molar-refractivity contribution >= 4 is 28.8 Å². The summed E-state index contributed by atoms with van der Waals surface area (Å²) < 4.78 is 0. The maximum atomic E-state index is 12.1. The summed E-state index contributed by atoms with van der Waals surface area (Å²) in [6.07, 6.45) is 0. The van der Waals surface area contributed by atoms with Crippen molar-refractivity contribution < 1.29 is 4.79 Å². The number of nitriles is 1. The second kappa shape index (κ2) is 8.09. The highest BCUT2D eigenvalue weighted by molar-refractivity contribution is 7.10. The number of aliphatic imine (C=N–C) groups is 1. The third-order valence-electron chi connectivity index (χ3n) is 5.21. The lowest BCUT2D eigenvalue weighted by atomic mass is 9.88. The minimum Gasteiger partial charge on any atom is -0.378 e. The van der Waals surface area contributed by atoms with Gasteiger partial charge in [0.15, 0.2) is 0 Å². The Labute approximate surface area is 179 Å². The quantitative estimate of drug-likeness (QED) is 0.666. The lowest BCUT2D eigenvalue weighted by Gasteiger charge is -2.30. The Morgan fingerprint density at radius 3 is 2.43 bits per heavy atom. The summed E-state index contributed by atoms with van der Waals surface area (Å²) >= 11 is 1.56. The summed E-state index contributed by atoms with van der Waals surface area (Å²) in [7, 11) is 3.99. The molecule has 0 saturated heterocycles. The summed E-state index contributed by atoms with van der Waals surface area (Å²) in [6, 6.07) is 17.1. The molecule has 0 spiro atoms. The number of carbonyl (C=O) groups excluding carboxylic acids is 1. The number of benzene rings is 2. The fraction of sp³-hybridized carbons (Fsp3) is 0.217. The maximum absolute atomic E-state index is 12.1. The van der Waals surface area contributed by atoms with Crippen LogP contribution in [0.4, 0.5) is 10.5 Å². The molecule has 1 aliphatic rings. The van der Waals surface area contributed by atoms with Crippen LogP contribution in [0.1, 0.15) is 35.0 Å². The second-order valence-corrected chi connectivity index (χ2v) is 8.29. The first-order chi connectivity index (χ1) is 14.5. The third-order valence-corrected chi connectivity index (χ3v) is 6.13. The standard InChI is InChI=1S/C23H21N5OS/c1-14-20(22-26-19(13-30-22)16-6-4-15(12-24)5-7-16)21(27-23(29)25-14)17-8-10-18(11-9-17)28(2)3/h4-11,13,20-21H,1-3H3,(H,27,29). The Kier molecular flexibility index (Phi) is 5.34. The lowest BCUT2D eigenvalue weighted by molar-refractivity contribution is 0.243. The number of aromatic nitrogens is 1. The van der Waals surface area contributed by atoms with Crippen LogP contribution in [0.2, 0.25) is 0 Å². The molecule has 1 aromatic heterocycles. The molecule has 0 radical (unpaired) electrons. The van der Waals surface area contributed by atoms with Gasteiger partial charge >= 0.3 is 6.03 Å². The summed E-state index contributed by atoms with van der Waals surface area (Å²) in [4.78, 5) is 23.2. The van der Waals surface area contributed by atoms with E-state index < -0.39 is 0 Å². The molecular formula is C23H21N5OS. The molecule has 0 fully saturated rings. The van der Waals surface area contributed by atoms with Crippen LogP contribution in [0.25, 0.3) is 11.3 Å². The number of nitrogens with one attached hydrogen (secondary N) is 1. The topological polar surface area (TPSA) is 81.4 Å². The molecule has 0 saturated carbocycles. The normalized spacial score (nSPS) is 18.3. The molecule has 7 heteroatoms. The third kappa shape index (κ3) is 3.82. The van der Waals surface area contributed by atoms with E-state index in [1.807, 2.05) is 67.7 Å². The van der Waals surface area contributed by atoms with Crippen LogP contribution >= 0.6 is 11.3 Å². The van der Waals surface area contributed by atoms with Gasteiger partial charge in [-0.05, 0) is 36.8 Å². The molecule has 3 aromatic rings. The molecule has 2 atom stereocenters. The van der Waals surface area contributed by atoms with Gasteiger partial charge in [0, 0.05) is 36.4 Å². The summed E-state index contributed by atoms with van der Waals surface area (Å²) in [5.41, 5.74) is 5.29.